The first-order valence-corrected chi connectivity index (χ1v) is 11.4. The summed E-state index contributed by atoms with van der Waals surface area (Å²) in [5.74, 6) is 0.864. The Morgan fingerprint density at radius 1 is 0.970 bits per heavy atom. The molecule has 1 aromatic heterocycles. The van der Waals surface area contributed by atoms with Gasteiger partial charge in [-0.3, -0.25) is 4.79 Å². The third-order valence-electron chi connectivity index (χ3n) is 6.27. The Bertz CT molecular complexity index is 1370. The smallest absolute Gasteiger partial charge is 0.253 e. The van der Waals surface area contributed by atoms with Crippen LogP contribution in [0.25, 0.3) is 21.7 Å². The molecule has 1 saturated heterocycles. The van der Waals surface area contributed by atoms with E-state index in [0.717, 1.165) is 65.4 Å². The molecule has 1 fully saturated rings. The summed E-state index contributed by atoms with van der Waals surface area (Å²) in [5.41, 5.74) is 3.35. The lowest BCUT2D eigenvalue weighted by Gasteiger charge is -2.26. The summed E-state index contributed by atoms with van der Waals surface area (Å²) in [5, 5.41) is 15.6. The second-order valence-corrected chi connectivity index (χ2v) is 8.49. The fraction of sp³-hybridized carbons (Fsp3) is 0.259. The van der Waals surface area contributed by atoms with E-state index in [1.807, 2.05) is 35.2 Å². The number of carbonyl (C=O) groups excluding carboxylic acids is 1. The fourth-order valence-corrected chi connectivity index (χ4v) is 4.46. The van der Waals surface area contributed by atoms with E-state index in [0.29, 0.717) is 12.1 Å². The molecule has 0 aliphatic carbocycles. The van der Waals surface area contributed by atoms with Crippen molar-refractivity contribution in [1.82, 2.24) is 14.9 Å². The van der Waals surface area contributed by atoms with Gasteiger partial charge in [-0.1, -0.05) is 24.3 Å². The molecule has 1 aliphatic rings. The molecule has 0 unspecified atom stereocenters. The van der Waals surface area contributed by atoms with E-state index in [1.165, 1.54) is 18.3 Å². The van der Waals surface area contributed by atoms with Crippen LogP contribution in [0.2, 0.25) is 0 Å². The molecule has 0 atom stereocenters. The summed E-state index contributed by atoms with van der Waals surface area (Å²) in [6, 6.07) is 20.0. The molecule has 1 aliphatic heterocycles. The van der Waals surface area contributed by atoms with E-state index in [1.54, 1.807) is 6.07 Å². The quantitative estimate of drug-likeness (QED) is 0.480. The predicted molar refractivity (Wildman–Crippen MR) is 130 cm³/mol. The number of fused-ring (bicyclic) bond motifs is 2. The van der Waals surface area contributed by atoms with Gasteiger partial charge in [0.05, 0.1) is 17.1 Å². The minimum absolute atomic E-state index is 0.135. The van der Waals surface area contributed by atoms with Crippen LogP contribution in [-0.2, 0) is 6.42 Å². The van der Waals surface area contributed by atoms with Gasteiger partial charge in [0.1, 0.15) is 12.1 Å². The molecule has 1 amide bonds. The maximum atomic E-state index is 12.9. The predicted octanol–water partition coefficient (Wildman–Crippen LogP) is 4.94. The van der Waals surface area contributed by atoms with E-state index in [4.69, 9.17) is 0 Å². The van der Waals surface area contributed by atoms with Gasteiger partial charge in [-0.2, -0.15) is 5.26 Å². The van der Waals surface area contributed by atoms with E-state index in [-0.39, 0.29) is 5.91 Å². The van der Waals surface area contributed by atoms with Gasteiger partial charge in [0.25, 0.3) is 5.91 Å². The van der Waals surface area contributed by atoms with Crippen LogP contribution in [0.1, 0.15) is 40.7 Å². The molecular weight excluding hydrogens is 410 g/mol. The van der Waals surface area contributed by atoms with Crippen LogP contribution in [0.4, 0.5) is 5.82 Å². The Morgan fingerprint density at radius 3 is 2.67 bits per heavy atom. The minimum Gasteiger partial charge on any atom is -0.369 e. The Kier molecular flexibility index (Phi) is 5.86. The summed E-state index contributed by atoms with van der Waals surface area (Å²) in [7, 11) is 0. The number of rotatable bonds is 5. The zero-order chi connectivity index (χ0) is 22.6. The van der Waals surface area contributed by atoms with Crippen molar-refractivity contribution < 1.29 is 4.79 Å². The van der Waals surface area contributed by atoms with Crippen LogP contribution in [0.15, 0.2) is 60.9 Å². The number of nitrogens with zero attached hydrogens (tertiary/aromatic N) is 4. The van der Waals surface area contributed by atoms with Crippen molar-refractivity contribution in [3.8, 4) is 6.07 Å². The molecule has 33 heavy (non-hydrogen) atoms. The third kappa shape index (κ3) is 4.49. The van der Waals surface area contributed by atoms with Gasteiger partial charge in [0.2, 0.25) is 0 Å². The first-order valence-electron chi connectivity index (χ1n) is 11.4. The monoisotopic (exact) mass is 435 g/mol. The van der Waals surface area contributed by atoms with Crippen molar-refractivity contribution in [3.63, 3.8) is 0 Å². The number of nitriles is 1. The van der Waals surface area contributed by atoms with E-state index in [9.17, 15) is 10.1 Å². The number of benzene rings is 3. The summed E-state index contributed by atoms with van der Waals surface area (Å²) in [4.78, 5) is 23.5. The summed E-state index contributed by atoms with van der Waals surface area (Å²) < 4.78 is 0. The normalized spacial score (nSPS) is 13.7. The highest BCUT2D eigenvalue weighted by Crippen LogP contribution is 2.22. The van der Waals surface area contributed by atoms with Crippen LogP contribution in [0.3, 0.4) is 0 Å². The van der Waals surface area contributed by atoms with E-state index in [2.05, 4.69) is 39.6 Å². The van der Waals surface area contributed by atoms with Crippen molar-refractivity contribution in [2.45, 2.75) is 25.7 Å². The second-order valence-electron chi connectivity index (χ2n) is 8.49. The molecule has 0 saturated carbocycles. The average molecular weight is 436 g/mol. The molecule has 2 heterocycles. The SMILES string of the molecule is N#Cc1ccc2ncnc(NCCc3ccc4ccc(C(=O)N5CCCCC5)cc4c3)c2c1. The standard InChI is InChI=1S/C27H25N5O/c28-17-20-5-9-25-24(15-20)26(31-18-30-25)29-11-10-19-4-6-21-7-8-22(16-23(21)14-19)27(33)32-12-2-1-3-13-32/h4-9,14-16,18H,1-3,10-13H2,(H,29,30,31). The Balaban J connectivity index is 1.31. The molecule has 1 N–H and O–H groups in total. The lowest BCUT2D eigenvalue weighted by molar-refractivity contribution is 0.0724. The fourth-order valence-electron chi connectivity index (χ4n) is 4.46. The number of likely N-dealkylation sites (tertiary alicyclic amines) is 1. The molecule has 4 aromatic rings. The van der Waals surface area contributed by atoms with Gasteiger partial charge in [-0.05, 0) is 72.4 Å². The Hall–Kier alpha value is -3.98. The first kappa shape index (κ1) is 20.9. The molecule has 6 nitrogen and oxygen atoms in total. The van der Waals surface area contributed by atoms with Crippen LogP contribution >= 0.6 is 0 Å². The highest BCUT2D eigenvalue weighted by atomic mass is 16.2. The number of hydrogen-bond acceptors (Lipinski definition) is 5. The topological polar surface area (TPSA) is 81.9 Å². The number of amides is 1. The van der Waals surface area contributed by atoms with E-state index >= 15 is 0 Å². The van der Waals surface area contributed by atoms with Gasteiger partial charge in [-0.15, -0.1) is 0 Å². The molecule has 3 aromatic carbocycles. The zero-order valence-electron chi connectivity index (χ0n) is 18.4. The van der Waals surface area contributed by atoms with Gasteiger partial charge in [-0.25, -0.2) is 9.97 Å². The summed E-state index contributed by atoms with van der Waals surface area (Å²) in [6.45, 7) is 2.41. The number of piperidine rings is 1. The highest BCUT2D eigenvalue weighted by molar-refractivity contribution is 5.98. The zero-order valence-corrected chi connectivity index (χ0v) is 18.4. The van der Waals surface area contributed by atoms with E-state index < -0.39 is 0 Å². The molecule has 5 rings (SSSR count). The number of nitrogens with one attached hydrogen (secondary N) is 1. The number of aromatic nitrogens is 2. The van der Waals surface area contributed by atoms with Gasteiger partial charge in [0.15, 0.2) is 0 Å². The van der Waals surface area contributed by atoms with Crippen molar-refractivity contribution in [3.05, 3.63) is 77.6 Å². The molecule has 0 spiro atoms. The summed E-state index contributed by atoms with van der Waals surface area (Å²) >= 11 is 0. The van der Waals surface area contributed by atoms with Crippen molar-refractivity contribution in [2.24, 2.45) is 0 Å². The number of carbonyl (C=O) groups is 1. The van der Waals surface area contributed by atoms with Crippen molar-refractivity contribution >= 4 is 33.4 Å². The van der Waals surface area contributed by atoms with Crippen molar-refractivity contribution in [2.75, 3.05) is 25.0 Å². The Labute approximate surface area is 192 Å². The summed E-state index contributed by atoms with van der Waals surface area (Å²) in [6.07, 6.45) is 5.74. The highest BCUT2D eigenvalue weighted by Gasteiger charge is 2.18. The first-order chi connectivity index (χ1) is 16.2. The van der Waals surface area contributed by atoms with Crippen LogP contribution in [0.5, 0.6) is 0 Å². The average Bonchev–Trinajstić information content (AvgIpc) is 2.88. The van der Waals surface area contributed by atoms with Crippen LogP contribution in [0, 0.1) is 11.3 Å². The molecule has 0 radical (unpaired) electrons. The molecule has 164 valence electrons. The number of anilines is 1. The second kappa shape index (κ2) is 9.25. The van der Waals surface area contributed by atoms with Crippen LogP contribution < -0.4 is 5.32 Å². The number of hydrogen-bond donors (Lipinski definition) is 1. The third-order valence-corrected chi connectivity index (χ3v) is 6.27. The van der Waals surface area contributed by atoms with Crippen molar-refractivity contribution in [1.29, 1.82) is 5.26 Å². The largest absolute Gasteiger partial charge is 0.369 e. The maximum Gasteiger partial charge on any atom is 0.253 e. The lowest BCUT2D eigenvalue weighted by Crippen LogP contribution is -2.35. The Morgan fingerprint density at radius 2 is 1.82 bits per heavy atom. The molecule has 6 heteroatoms. The lowest BCUT2D eigenvalue weighted by atomic mass is 10.0. The molecule has 0 bridgehead atoms. The maximum absolute atomic E-state index is 12.9. The molecular formula is C27H25N5O. The van der Waals surface area contributed by atoms with Gasteiger partial charge in [0, 0.05) is 30.6 Å². The minimum atomic E-state index is 0.135. The van der Waals surface area contributed by atoms with Gasteiger partial charge < -0.3 is 10.2 Å². The van der Waals surface area contributed by atoms with Gasteiger partial charge >= 0.3 is 0 Å². The van der Waals surface area contributed by atoms with Crippen LogP contribution in [-0.4, -0.2) is 40.4 Å².